The number of nitrogens with one attached hydrogen (secondary N) is 1. The van der Waals surface area contributed by atoms with E-state index < -0.39 is 0 Å². The lowest BCUT2D eigenvalue weighted by Gasteiger charge is -2.34. The fourth-order valence-electron chi connectivity index (χ4n) is 2.78. The van der Waals surface area contributed by atoms with E-state index in [4.69, 9.17) is 4.74 Å². The Morgan fingerprint density at radius 3 is 2.19 bits per heavy atom. The molecule has 0 fully saturated rings. The SMILES string of the molecule is CC(=O)N(CCC(=O)Nc1ccc(OCc2ccccc2)cc1)C(C)(C)C. The van der Waals surface area contributed by atoms with Crippen LogP contribution in [0.4, 0.5) is 5.69 Å². The van der Waals surface area contributed by atoms with Gasteiger partial charge in [0.1, 0.15) is 12.4 Å². The van der Waals surface area contributed by atoms with E-state index in [-0.39, 0.29) is 23.8 Å². The first-order valence-corrected chi connectivity index (χ1v) is 9.10. The van der Waals surface area contributed by atoms with Gasteiger partial charge in [-0.15, -0.1) is 0 Å². The Kier molecular flexibility index (Phi) is 6.99. The molecular weight excluding hydrogens is 340 g/mol. The highest BCUT2D eigenvalue weighted by molar-refractivity contribution is 5.91. The standard InChI is InChI=1S/C22H28N2O3/c1-17(25)24(22(2,3)4)15-14-21(26)23-19-10-12-20(13-11-19)27-16-18-8-6-5-7-9-18/h5-13H,14-16H2,1-4H3,(H,23,26). The molecule has 0 heterocycles. The van der Waals surface area contributed by atoms with Crippen LogP contribution in [-0.4, -0.2) is 28.8 Å². The van der Waals surface area contributed by atoms with Crippen molar-refractivity contribution in [1.82, 2.24) is 4.90 Å². The number of ether oxygens (including phenoxy) is 1. The first-order chi connectivity index (χ1) is 12.8. The van der Waals surface area contributed by atoms with Gasteiger partial charge in [-0.3, -0.25) is 9.59 Å². The van der Waals surface area contributed by atoms with Crippen LogP contribution in [0.3, 0.4) is 0 Å². The van der Waals surface area contributed by atoms with Crippen molar-refractivity contribution in [2.75, 3.05) is 11.9 Å². The van der Waals surface area contributed by atoms with Crippen molar-refractivity contribution in [2.45, 2.75) is 46.3 Å². The Bertz CT molecular complexity index is 749. The van der Waals surface area contributed by atoms with Crippen molar-refractivity contribution in [1.29, 1.82) is 0 Å². The molecule has 1 N–H and O–H groups in total. The second kappa shape index (κ2) is 9.21. The van der Waals surface area contributed by atoms with Crippen molar-refractivity contribution in [2.24, 2.45) is 0 Å². The molecule has 2 rings (SSSR count). The van der Waals surface area contributed by atoms with Gasteiger partial charge in [0, 0.05) is 31.1 Å². The summed E-state index contributed by atoms with van der Waals surface area (Å²) in [5.41, 5.74) is 1.50. The Balaban J connectivity index is 1.83. The van der Waals surface area contributed by atoms with Gasteiger partial charge in [0.2, 0.25) is 11.8 Å². The lowest BCUT2D eigenvalue weighted by molar-refractivity contribution is -0.134. The number of rotatable bonds is 7. The van der Waals surface area contributed by atoms with Gasteiger partial charge < -0.3 is 15.0 Å². The van der Waals surface area contributed by atoms with Gasteiger partial charge >= 0.3 is 0 Å². The van der Waals surface area contributed by atoms with Crippen molar-refractivity contribution < 1.29 is 14.3 Å². The fraction of sp³-hybridized carbons (Fsp3) is 0.364. The van der Waals surface area contributed by atoms with E-state index in [0.717, 1.165) is 11.3 Å². The molecule has 0 radical (unpaired) electrons. The van der Waals surface area contributed by atoms with Gasteiger partial charge in [0.25, 0.3) is 0 Å². The molecular formula is C22H28N2O3. The second-order valence-electron chi connectivity index (χ2n) is 7.44. The normalized spacial score (nSPS) is 11.0. The molecule has 0 unspecified atom stereocenters. The first kappa shape index (κ1) is 20.5. The molecule has 5 heteroatoms. The number of amides is 2. The highest BCUT2D eigenvalue weighted by Gasteiger charge is 2.24. The second-order valence-corrected chi connectivity index (χ2v) is 7.44. The van der Waals surface area contributed by atoms with Crippen molar-refractivity contribution in [3.63, 3.8) is 0 Å². The molecule has 2 aromatic carbocycles. The summed E-state index contributed by atoms with van der Waals surface area (Å²) in [6, 6.07) is 17.2. The monoisotopic (exact) mass is 368 g/mol. The van der Waals surface area contributed by atoms with Gasteiger partial charge in [-0.1, -0.05) is 30.3 Å². The Labute approximate surface area is 161 Å². The molecule has 2 amide bonds. The average Bonchev–Trinajstić information content (AvgIpc) is 2.60. The highest BCUT2D eigenvalue weighted by atomic mass is 16.5. The summed E-state index contributed by atoms with van der Waals surface area (Å²) >= 11 is 0. The van der Waals surface area contributed by atoms with Crippen LogP contribution >= 0.6 is 0 Å². The molecule has 0 aromatic heterocycles. The smallest absolute Gasteiger partial charge is 0.226 e. The molecule has 0 aliphatic rings. The van der Waals surface area contributed by atoms with E-state index in [2.05, 4.69) is 5.32 Å². The molecule has 2 aromatic rings. The van der Waals surface area contributed by atoms with E-state index in [9.17, 15) is 9.59 Å². The summed E-state index contributed by atoms with van der Waals surface area (Å²) in [6.07, 6.45) is 0.253. The van der Waals surface area contributed by atoms with Gasteiger partial charge in [0.15, 0.2) is 0 Å². The van der Waals surface area contributed by atoms with Gasteiger partial charge in [-0.2, -0.15) is 0 Å². The number of anilines is 1. The van der Waals surface area contributed by atoms with Gasteiger partial charge in [-0.05, 0) is 50.6 Å². The molecule has 0 aliphatic carbocycles. The summed E-state index contributed by atoms with van der Waals surface area (Å²) in [4.78, 5) is 25.6. The first-order valence-electron chi connectivity index (χ1n) is 9.10. The molecule has 0 atom stereocenters. The summed E-state index contributed by atoms with van der Waals surface area (Å²) in [5.74, 6) is 0.589. The fourth-order valence-corrected chi connectivity index (χ4v) is 2.78. The lowest BCUT2D eigenvalue weighted by Crippen LogP contribution is -2.45. The molecule has 0 saturated carbocycles. The number of nitrogens with zero attached hydrogens (tertiary/aromatic N) is 1. The molecule has 0 aliphatic heterocycles. The zero-order chi connectivity index (χ0) is 19.9. The number of hydrogen-bond donors (Lipinski definition) is 1. The summed E-state index contributed by atoms with van der Waals surface area (Å²) in [7, 11) is 0. The van der Waals surface area contributed by atoms with Gasteiger partial charge in [-0.25, -0.2) is 0 Å². The number of hydrogen-bond acceptors (Lipinski definition) is 3. The van der Waals surface area contributed by atoms with Crippen LogP contribution in [0, 0.1) is 0 Å². The molecule has 5 nitrogen and oxygen atoms in total. The number of carbonyl (C=O) groups excluding carboxylic acids is 2. The highest BCUT2D eigenvalue weighted by Crippen LogP contribution is 2.18. The largest absolute Gasteiger partial charge is 0.489 e. The Hall–Kier alpha value is -2.82. The predicted molar refractivity (Wildman–Crippen MR) is 108 cm³/mol. The van der Waals surface area contributed by atoms with Crippen LogP contribution in [0.15, 0.2) is 54.6 Å². The lowest BCUT2D eigenvalue weighted by atomic mass is 10.1. The zero-order valence-electron chi connectivity index (χ0n) is 16.5. The minimum atomic E-state index is -0.302. The summed E-state index contributed by atoms with van der Waals surface area (Å²) in [5, 5.41) is 2.86. The third kappa shape index (κ3) is 6.77. The van der Waals surface area contributed by atoms with E-state index in [1.54, 1.807) is 4.90 Å². The Morgan fingerprint density at radius 2 is 1.63 bits per heavy atom. The maximum Gasteiger partial charge on any atom is 0.226 e. The third-order valence-corrected chi connectivity index (χ3v) is 4.14. The van der Waals surface area contributed by atoms with Crippen LogP contribution in [-0.2, 0) is 16.2 Å². The van der Waals surface area contributed by atoms with E-state index >= 15 is 0 Å². The van der Waals surface area contributed by atoms with Gasteiger partial charge in [0.05, 0.1) is 0 Å². The predicted octanol–water partition coefficient (Wildman–Crippen LogP) is 4.24. The van der Waals surface area contributed by atoms with E-state index in [1.807, 2.05) is 75.4 Å². The van der Waals surface area contributed by atoms with Crippen molar-refractivity contribution >= 4 is 17.5 Å². The number of benzene rings is 2. The van der Waals surface area contributed by atoms with Crippen LogP contribution in [0.1, 0.15) is 39.7 Å². The van der Waals surface area contributed by atoms with Crippen LogP contribution in [0.2, 0.25) is 0 Å². The topological polar surface area (TPSA) is 58.6 Å². The summed E-state index contributed by atoms with van der Waals surface area (Å²) < 4.78 is 5.74. The minimum Gasteiger partial charge on any atom is -0.489 e. The maximum atomic E-state index is 12.2. The molecule has 0 spiro atoms. The molecule has 0 saturated heterocycles. The van der Waals surface area contributed by atoms with Crippen LogP contribution in [0.5, 0.6) is 5.75 Å². The molecule has 27 heavy (non-hydrogen) atoms. The van der Waals surface area contributed by atoms with Crippen LogP contribution in [0.25, 0.3) is 0 Å². The minimum absolute atomic E-state index is 0.0322. The maximum absolute atomic E-state index is 12.2. The van der Waals surface area contributed by atoms with Crippen molar-refractivity contribution in [3.8, 4) is 5.75 Å². The Morgan fingerprint density at radius 1 is 1.00 bits per heavy atom. The van der Waals surface area contributed by atoms with E-state index in [0.29, 0.717) is 18.8 Å². The zero-order valence-corrected chi connectivity index (χ0v) is 16.5. The molecule has 144 valence electrons. The van der Waals surface area contributed by atoms with Crippen LogP contribution < -0.4 is 10.1 Å². The quantitative estimate of drug-likeness (QED) is 0.795. The van der Waals surface area contributed by atoms with E-state index in [1.165, 1.54) is 6.92 Å². The number of carbonyl (C=O) groups is 2. The van der Waals surface area contributed by atoms with Crippen molar-refractivity contribution in [3.05, 3.63) is 60.2 Å². The summed E-state index contributed by atoms with van der Waals surface area (Å²) in [6.45, 7) is 8.29. The third-order valence-electron chi connectivity index (χ3n) is 4.14. The average molecular weight is 368 g/mol. The molecule has 0 bridgehead atoms.